The zero-order valence-corrected chi connectivity index (χ0v) is 14.6. The molecule has 4 nitrogen and oxygen atoms in total. The number of para-hydroxylation sites is 1. The van der Waals surface area contributed by atoms with E-state index in [9.17, 15) is 5.11 Å². The number of hydrogen-bond donors (Lipinski definition) is 1. The van der Waals surface area contributed by atoms with Gasteiger partial charge in [0, 0.05) is 5.46 Å². The summed E-state index contributed by atoms with van der Waals surface area (Å²) in [5, 5.41) is 10.6. The Morgan fingerprint density at radius 2 is 1.65 bits per heavy atom. The van der Waals surface area contributed by atoms with Crippen molar-refractivity contribution < 1.29 is 19.2 Å². The average molecular weight is 318 g/mol. The molecule has 1 aromatic rings. The van der Waals surface area contributed by atoms with Crippen LogP contribution in [0.15, 0.2) is 18.2 Å². The Morgan fingerprint density at radius 1 is 1.04 bits per heavy atom. The summed E-state index contributed by atoms with van der Waals surface area (Å²) < 4.78 is 18.1. The molecular weight excluding hydrogens is 291 g/mol. The van der Waals surface area contributed by atoms with E-state index in [1.807, 2.05) is 45.9 Å². The third-order valence-electron chi connectivity index (χ3n) is 5.38. The number of ether oxygens (including phenoxy) is 1. The molecule has 0 aromatic heterocycles. The van der Waals surface area contributed by atoms with Crippen LogP contribution in [0.5, 0.6) is 11.5 Å². The fraction of sp³-hybridized carbons (Fsp3) is 0.667. The number of aromatic hydroxyl groups is 1. The number of phenols is 1. The summed E-state index contributed by atoms with van der Waals surface area (Å²) in [7, 11) is -0.574. The van der Waals surface area contributed by atoms with Crippen molar-refractivity contribution in [1.82, 2.24) is 0 Å². The van der Waals surface area contributed by atoms with Gasteiger partial charge in [0.2, 0.25) is 0 Å². The van der Waals surface area contributed by atoms with E-state index in [0.29, 0.717) is 11.2 Å². The molecule has 1 saturated carbocycles. The normalized spacial score (nSPS) is 23.9. The molecule has 1 aliphatic heterocycles. The van der Waals surface area contributed by atoms with E-state index < -0.39 is 18.3 Å². The van der Waals surface area contributed by atoms with Crippen LogP contribution in [0.1, 0.15) is 59.8 Å². The first-order valence-electron chi connectivity index (χ1n) is 8.64. The SMILES string of the molecule is CC1(C)OB(c2cccc(OC3CCCCC3)c2O)OC1(C)C. The molecule has 0 bridgehead atoms. The topological polar surface area (TPSA) is 47.9 Å². The third-order valence-corrected chi connectivity index (χ3v) is 5.38. The van der Waals surface area contributed by atoms with Crippen molar-refractivity contribution in [3.8, 4) is 11.5 Å². The van der Waals surface area contributed by atoms with E-state index in [0.717, 1.165) is 12.8 Å². The van der Waals surface area contributed by atoms with Crippen LogP contribution in [-0.4, -0.2) is 29.5 Å². The second kappa shape index (κ2) is 6.02. The van der Waals surface area contributed by atoms with E-state index in [-0.39, 0.29) is 11.9 Å². The van der Waals surface area contributed by atoms with Crippen LogP contribution in [0.2, 0.25) is 0 Å². The summed E-state index contributed by atoms with van der Waals surface area (Å²) in [6.07, 6.45) is 5.98. The lowest BCUT2D eigenvalue weighted by Crippen LogP contribution is -2.41. The number of phenolic OH excluding ortho intramolecular Hbond substituents is 1. The van der Waals surface area contributed by atoms with Crippen LogP contribution in [0.4, 0.5) is 0 Å². The molecule has 126 valence electrons. The molecule has 3 rings (SSSR count). The first-order chi connectivity index (χ1) is 10.8. The molecule has 0 spiro atoms. The predicted molar refractivity (Wildman–Crippen MR) is 91.3 cm³/mol. The maximum Gasteiger partial charge on any atom is 0.498 e. The van der Waals surface area contributed by atoms with Crippen molar-refractivity contribution in [2.75, 3.05) is 0 Å². The van der Waals surface area contributed by atoms with Gasteiger partial charge in [-0.2, -0.15) is 0 Å². The first-order valence-corrected chi connectivity index (χ1v) is 8.64. The molecule has 1 N–H and O–H groups in total. The van der Waals surface area contributed by atoms with Gasteiger partial charge in [-0.05, 0) is 59.4 Å². The van der Waals surface area contributed by atoms with Crippen LogP contribution in [-0.2, 0) is 9.31 Å². The van der Waals surface area contributed by atoms with E-state index in [4.69, 9.17) is 14.0 Å². The van der Waals surface area contributed by atoms with Gasteiger partial charge in [0.1, 0.15) is 0 Å². The molecule has 5 heteroatoms. The Balaban J connectivity index is 1.80. The van der Waals surface area contributed by atoms with Crippen LogP contribution in [0.25, 0.3) is 0 Å². The van der Waals surface area contributed by atoms with Crippen molar-refractivity contribution in [3.63, 3.8) is 0 Å². The summed E-state index contributed by atoms with van der Waals surface area (Å²) in [5.41, 5.74) is -0.216. The molecule has 23 heavy (non-hydrogen) atoms. The van der Waals surface area contributed by atoms with Gasteiger partial charge >= 0.3 is 7.12 Å². The molecule has 0 radical (unpaired) electrons. The van der Waals surface area contributed by atoms with Gasteiger partial charge in [0.05, 0.1) is 17.3 Å². The minimum atomic E-state index is -0.574. The first kappa shape index (κ1) is 16.7. The average Bonchev–Trinajstić information content (AvgIpc) is 2.70. The predicted octanol–water partition coefficient (Wildman–Crippen LogP) is 3.40. The monoisotopic (exact) mass is 318 g/mol. The lowest BCUT2D eigenvalue weighted by Gasteiger charge is -2.32. The molecular formula is C18H27BO4. The molecule has 0 atom stereocenters. The van der Waals surface area contributed by atoms with Crippen molar-refractivity contribution in [2.24, 2.45) is 0 Å². The highest BCUT2D eigenvalue weighted by Crippen LogP contribution is 2.38. The number of rotatable bonds is 3. The van der Waals surface area contributed by atoms with Crippen LogP contribution < -0.4 is 10.2 Å². The van der Waals surface area contributed by atoms with E-state index >= 15 is 0 Å². The molecule has 1 heterocycles. The molecule has 1 aromatic carbocycles. The quantitative estimate of drug-likeness (QED) is 0.868. The van der Waals surface area contributed by atoms with E-state index in [1.165, 1.54) is 19.3 Å². The molecule has 1 aliphatic carbocycles. The molecule has 1 saturated heterocycles. The van der Waals surface area contributed by atoms with E-state index in [2.05, 4.69) is 0 Å². The summed E-state index contributed by atoms with van der Waals surface area (Å²) in [6.45, 7) is 8.03. The van der Waals surface area contributed by atoms with Crippen LogP contribution in [0, 0.1) is 0 Å². The zero-order valence-electron chi connectivity index (χ0n) is 14.6. The van der Waals surface area contributed by atoms with Gasteiger partial charge in [-0.3, -0.25) is 0 Å². The molecule has 0 unspecified atom stereocenters. The lowest BCUT2D eigenvalue weighted by molar-refractivity contribution is 0.00578. The van der Waals surface area contributed by atoms with Crippen molar-refractivity contribution in [2.45, 2.75) is 77.1 Å². The molecule has 2 aliphatic rings. The highest BCUT2D eigenvalue weighted by molar-refractivity contribution is 6.63. The Bertz CT molecular complexity index is 548. The second-order valence-corrected chi connectivity index (χ2v) is 7.66. The molecule has 0 amide bonds. The highest BCUT2D eigenvalue weighted by atomic mass is 16.7. The summed E-state index contributed by atoms with van der Waals surface area (Å²) >= 11 is 0. The van der Waals surface area contributed by atoms with Gasteiger partial charge in [-0.25, -0.2) is 0 Å². The zero-order chi connectivity index (χ0) is 16.7. The Kier molecular flexibility index (Phi) is 4.36. The summed E-state index contributed by atoms with van der Waals surface area (Å²) in [6, 6.07) is 5.54. The van der Waals surface area contributed by atoms with Gasteiger partial charge in [0.25, 0.3) is 0 Å². The maximum atomic E-state index is 10.6. The van der Waals surface area contributed by atoms with Crippen LogP contribution in [0.3, 0.4) is 0 Å². The van der Waals surface area contributed by atoms with Gasteiger partial charge < -0.3 is 19.2 Å². The van der Waals surface area contributed by atoms with E-state index in [1.54, 1.807) is 0 Å². The maximum absolute atomic E-state index is 10.6. The standard InChI is InChI=1S/C18H27BO4/c1-17(2)18(3,4)23-19(22-17)14-11-8-12-15(16(14)20)21-13-9-6-5-7-10-13/h8,11-13,20H,5-7,9-10H2,1-4H3. The summed E-state index contributed by atoms with van der Waals surface area (Å²) in [4.78, 5) is 0. The number of benzene rings is 1. The number of hydrogen-bond acceptors (Lipinski definition) is 4. The Labute approximate surface area is 139 Å². The Hall–Kier alpha value is -1.20. The van der Waals surface area contributed by atoms with Gasteiger partial charge in [0.15, 0.2) is 11.5 Å². The lowest BCUT2D eigenvalue weighted by atomic mass is 9.78. The largest absolute Gasteiger partial charge is 0.505 e. The Morgan fingerprint density at radius 3 is 2.26 bits per heavy atom. The highest BCUT2D eigenvalue weighted by Gasteiger charge is 2.52. The van der Waals surface area contributed by atoms with Crippen LogP contribution >= 0.6 is 0 Å². The third kappa shape index (κ3) is 3.22. The van der Waals surface area contributed by atoms with Crippen molar-refractivity contribution in [3.05, 3.63) is 18.2 Å². The fourth-order valence-corrected chi connectivity index (χ4v) is 3.16. The van der Waals surface area contributed by atoms with Crippen molar-refractivity contribution >= 4 is 12.6 Å². The minimum absolute atomic E-state index is 0.136. The minimum Gasteiger partial charge on any atom is -0.505 e. The van der Waals surface area contributed by atoms with Gasteiger partial charge in [-0.1, -0.05) is 18.6 Å². The summed E-state index contributed by atoms with van der Waals surface area (Å²) in [5.74, 6) is 0.667. The smallest absolute Gasteiger partial charge is 0.498 e. The molecule has 2 fully saturated rings. The fourth-order valence-electron chi connectivity index (χ4n) is 3.16. The van der Waals surface area contributed by atoms with Crippen molar-refractivity contribution in [1.29, 1.82) is 0 Å². The second-order valence-electron chi connectivity index (χ2n) is 7.66. The van der Waals surface area contributed by atoms with Gasteiger partial charge in [-0.15, -0.1) is 0 Å².